The van der Waals surface area contributed by atoms with Gasteiger partial charge in [0.05, 0.1) is 4.92 Å². The Morgan fingerprint density at radius 1 is 0.500 bits per heavy atom. The first-order valence-corrected chi connectivity index (χ1v) is 12.6. The molecule has 3 amide bonds. The number of nitrogens with zero attached hydrogens (tertiary/aromatic N) is 1. The highest BCUT2D eigenvalue weighted by Crippen LogP contribution is 2.21. The molecule has 3 N–H and O–H groups in total. The lowest BCUT2D eigenvalue weighted by atomic mass is 10.1. The molecular weight excluding hydrogens is 540 g/mol. The van der Waals surface area contributed by atoms with Crippen molar-refractivity contribution in [2.45, 2.75) is 13.8 Å². The van der Waals surface area contributed by atoms with Crippen molar-refractivity contribution in [2.24, 2.45) is 0 Å². The lowest BCUT2D eigenvalue weighted by Crippen LogP contribution is -2.18. The maximum absolute atomic E-state index is 13.2. The third kappa shape index (κ3) is 7.16. The second kappa shape index (κ2) is 12.5. The first-order chi connectivity index (χ1) is 20.0. The van der Waals surface area contributed by atoms with Crippen LogP contribution in [0.3, 0.4) is 0 Å². The molecule has 0 aliphatic rings. The molecular formula is C31H24N4O7. The predicted molar refractivity (Wildman–Crippen MR) is 156 cm³/mol. The number of hydrogen-bond acceptors (Lipinski definition) is 7. The summed E-state index contributed by atoms with van der Waals surface area (Å²) in [6.45, 7) is 2.85. The van der Waals surface area contributed by atoms with E-state index in [9.17, 15) is 34.1 Å². The molecule has 210 valence electrons. The Morgan fingerprint density at radius 2 is 0.857 bits per heavy atom. The lowest BCUT2D eigenvalue weighted by Gasteiger charge is -2.12. The van der Waals surface area contributed by atoms with E-state index in [1.807, 2.05) is 0 Å². The van der Waals surface area contributed by atoms with Crippen LogP contribution in [-0.2, 0) is 0 Å². The number of nitro groups is 1. The molecule has 0 saturated heterocycles. The molecule has 0 radical (unpaired) electrons. The van der Waals surface area contributed by atoms with Gasteiger partial charge in [0.15, 0.2) is 11.6 Å². The fraction of sp³-hybridized carbons (Fsp3) is 0.0645. The molecule has 11 nitrogen and oxygen atoms in total. The molecule has 0 atom stereocenters. The summed E-state index contributed by atoms with van der Waals surface area (Å²) < 4.78 is 0. The summed E-state index contributed by atoms with van der Waals surface area (Å²) in [5, 5.41) is 18.9. The van der Waals surface area contributed by atoms with Crippen molar-refractivity contribution in [1.29, 1.82) is 0 Å². The van der Waals surface area contributed by atoms with E-state index in [2.05, 4.69) is 16.0 Å². The van der Waals surface area contributed by atoms with Crippen LogP contribution in [-0.4, -0.2) is 34.2 Å². The van der Waals surface area contributed by atoms with Crippen molar-refractivity contribution in [2.75, 3.05) is 16.0 Å². The molecule has 4 aromatic rings. The fourth-order valence-electron chi connectivity index (χ4n) is 3.88. The first kappa shape index (κ1) is 29.0. The van der Waals surface area contributed by atoms with Crippen molar-refractivity contribution in [3.63, 3.8) is 0 Å². The van der Waals surface area contributed by atoms with Crippen LogP contribution in [0, 0.1) is 10.1 Å². The SMILES string of the molecule is CC(=O)c1ccc(NC(=O)c2cc(NC(=O)c3ccc([N+](=O)[O-])cc3)cc(C(=O)Nc3ccc(C(C)=O)cc3)c2)cc1. The van der Waals surface area contributed by atoms with Crippen LogP contribution in [0.4, 0.5) is 22.7 Å². The average molecular weight is 565 g/mol. The molecule has 0 heterocycles. The monoisotopic (exact) mass is 564 g/mol. The highest BCUT2D eigenvalue weighted by Gasteiger charge is 2.17. The van der Waals surface area contributed by atoms with Crippen LogP contribution in [0.2, 0.25) is 0 Å². The summed E-state index contributed by atoms with van der Waals surface area (Å²) in [6.07, 6.45) is 0. The van der Waals surface area contributed by atoms with Gasteiger partial charge in [-0.05, 0) is 92.7 Å². The first-order valence-electron chi connectivity index (χ1n) is 12.6. The van der Waals surface area contributed by atoms with E-state index in [4.69, 9.17) is 0 Å². The predicted octanol–water partition coefficient (Wildman–Crippen LogP) is 5.76. The average Bonchev–Trinajstić information content (AvgIpc) is 2.97. The zero-order valence-corrected chi connectivity index (χ0v) is 22.5. The van der Waals surface area contributed by atoms with Gasteiger partial charge >= 0.3 is 0 Å². The Balaban J connectivity index is 1.62. The summed E-state index contributed by atoms with van der Waals surface area (Å²) in [5.41, 5.74) is 1.90. The molecule has 0 saturated carbocycles. The molecule has 11 heteroatoms. The van der Waals surface area contributed by atoms with Gasteiger partial charge in [-0.15, -0.1) is 0 Å². The molecule has 0 unspecified atom stereocenters. The Labute approximate surface area is 239 Å². The third-order valence-corrected chi connectivity index (χ3v) is 6.15. The molecule has 0 bridgehead atoms. The molecule has 42 heavy (non-hydrogen) atoms. The van der Waals surface area contributed by atoms with Crippen molar-refractivity contribution < 1.29 is 28.9 Å². The number of Topliss-reactive ketones (excluding diaryl/α,β-unsaturated/α-hetero) is 2. The molecule has 0 fully saturated rings. The minimum absolute atomic E-state index is 0.0456. The van der Waals surface area contributed by atoms with Crippen molar-refractivity contribution in [3.8, 4) is 0 Å². The molecule has 0 spiro atoms. The summed E-state index contributed by atoms with van der Waals surface area (Å²) in [4.78, 5) is 72.6. The van der Waals surface area contributed by atoms with Crippen molar-refractivity contribution in [3.05, 3.63) is 129 Å². The second-order valence-corrected chi connectivity index (χ2v) is 9.23. The molecule has 0 aliphatic heterocycles. The van der Waals surface area contributed by atoms with Crippen molar-refractivity contribution in [1.82, 2.24) is 0 Å². The number of non-ortho nitro benzene ring substituents is 1. The summed E-state index contributed by atoms with van der Waals surface area (Å²) in [6, 6.07) is 21.6. The van der Waals surface area contributed by atoms with Crippen LogP contribution < -0.4 is 16.0 Å². The van der Waals surface area contributed by atoms with Crippen LogP contribution >= 0.6 is 0 Å². The van der Waals surface area contributed by atoms with Gasteiger partial charge in [0, 0.05) is 57.0 Å². The van der Waals surface area contributed by atoms with Gasteiger partial charge in [0.2, 0.25) is 0 Å². The van der Waals surface area contributed by atoms with E-state index in [0.717, 1.165) is 0 Å². The Hall–Kier alpha value is -5.97. The van der Waals surface area contributed by atoms with E-state index in [1.54, 1.807) is 48.5 Å². The molecule has 4 rings (SSSR count). The Bertz CT molecular complexity index is 1620. The van der Waals surface area contributed by atoms with Gasteiger partial charge in [0.1, 0.15) is 0 Å². The zero-order valence-electron chi connectivity index (χ0n) is 22.5. The quantitative estimate of drug-likeness (QED) is 0.132. The summed E-state index contributed by atoms with van der Waals surface area (Å²) in [5.74, 6) is -2.05. The van der Waals surface area contributed by atoms with E-state index in [1.165, 1.54) is 56.3 Å². The van der Waals surface area contributed by atoms with Gasteiger partial charge in [-0.1, -0.05) is 0 Å². The van der Waals surface area contributed by atoms with E-state index >= 15 is 0 Å². The standard InChI is InChI=1S/C31H24N4O7/c1-18(36)20-3-9-25(10-4-20)32-30(39)23-15-24(31(40)33-26-11-5-21(6-12-26)19(2)37)17-27(16-23)34-29(38)22-7-13-28(14-8-22)35(41)42/h3-17H,1-2H3,(H,32,39)(H,33,40)(H,34,38). The Kier molecular flexibility index (Phi) is 8.62. The van der Waals surface area contributed by atoms with E-state index in [-0.39, 0.29) is 39.6 Å². The van der Waals surface area contributed by atoms with E-state index in [0.29, 0.717) is 22.5 Å². The zero-order chi connectivity index (χ0) is 30.4. The second-order valence-electron chi connectivity index (χ2n) is 9.23. The number of carbonyl (C=O) groups is 5. The number of rotatable bonds is 9. The van der Waals surface area contributed by atoms with Crippen LogP contribution in [0.25, 0.3) is 0 Å². The number of anilines is 3. The minimum Gasteiger partial charge on any atom is -0.322 e. The number of amides is 3. The van der Waals surface area contributed by atoms with Gasteiger partial charge < -0.3 is 16.0 Å². The van der Waals surface area contributed by atoms with Gasteiger partial charge in [0.25, 0.3) is 23.4 Å². The van der Waals surface area contributed by atoms with Crippen LogP contribution in [0.15, 0.2) is 91.0 Å². The van der Waals surface area contributed by atoms with Gasteiger partial charge in [-0.2, -0.15) is 0 Å². The highest BCUT2D eigenvalue weighted by atomic mass is 16.6. The number of nitro benzene ring substituents is 1. The third-order valence-electron chi connectivity index (χ3n) is 6.15. The van der Waals surface area contributed by atoms with Crippen molar-refractivity contribution >= 4 is 52.0 Å². The molecule has 0 aliphatic carbocycles. The number of hydrogen-bond donors (Lipinski definition) is 3. The van der Waals surface area contributed by atoms with Crippen LogP contribution in [0.1, 0.15) is 65.6 Å². The number of benzene rings is 4. The van der Waals surface area contributed by atoms with E-state index < -0.39 is 22.6 Å². The number of ketones is 2. The summed E-state index contributed by atoms with van der Waals surface area (Å²) >= 11 is 0. The largest absolute Gasteiger partial charge is 0.322 e. The highest BCUT2D eigenvalue weighted by molar-refractivity contribution is 6.11. The number of nitrogens with one attached hydrogen (secondary N) is 3. The maximum atomic E-state index is 13.2. The molecule has 4 aromatic carbocycles. The minimum atomic E-state index is -0.617. The molecule has 0 aromatic heterocycles. The van der Waals surface area contributed by atoms with Crippen LogP contribution in [0.5, 0.6) is 0 Å². The van der Waals surface area contributed by atoms with Gasteiger partial charge in [-0.25, -0.2) is 0 Å². The fourth-order valence-corrected chi connectivity index (χ4v) is 3.88. The topological polar surface area (TPSA) is 165 Å². The normalized spacial score (nSPS) is 10.3. The smallest absolute Gasteiger partial charge is 0.269 e. The summed E-state index contributed by atoms with van der Waals surface area (Å²) in [7, 11) is 0. The van der Waals surface area contributed by atoms with Gasteiger partial charge in [-0.3, -0.25) is 34.1 Å². The maximum Gasteiger partial charge on any atom is 0.269 e. The Morgan fingerprint density at radius 3 is 1.24 bits per heavy atom. The number of carbonyl (C=O) groups excluding carboxylic acids is 5. The lowest BCUT2D eigenvalue weighted by molar-refractivity contribution is -0.384.